The molecule has 1 aromatic rings. The molecule has 1 aromatic carbocycles. The van der Waals surface area contributed by atoms with Crippen LogP contribution in [0.25, 0.3) is 0 Å². The summed E-state index contributed by atoms with van der Waals surface area (Å²) in [5, 5.41) is 15.2. The van der Waals surface area contributed by atoms with E-state index < -0.39 is 11.5 Å². The van der Waals surface area contributed by atoms with Crippen LogP contribution in [0, 0.1) is 0 Å². The number of benzene rings is 1. The Kier molecular flexibility index (Phi) is 7.32. The Labute approximate surface area is 142 Å². The van der Waals surface area contributed by atoms with Crippen molar-refractivity contribution in [3.05, 3.63) is 24.3 Å². The molecule has 0 heterocycles. The smallest absolute Gasteiger partial charge is 0.323 e. The van der Waals surface area contributed by atoms with Crippen molar-refractivity contribution in [3.8, 4) is 5.75 Å². The molecule has 1 amide bonds. The van der Waals surface area contributed by atoms with Gasteiger partial charge < -0.3 is 20.5 Å². The standard InChI is InChI=1S/C16H22N2O4.ClH/c1-22-13-7-3-2-6-12(13)18-14(19)8-11-17-16(15(20)21)9-4-5-10-16;/h2-3,6-7,17H,4-5,8-11H2,1H3,(H,18,19)(H,20,21);1H. The average molecular weight is 343 g/mol. The van der Waals surface area contributed by atoms with Crippen LogP contribution in [0.5, 0.6) is 5.75 Å². The number of ether oxygens (including phenoxy) is 1. The maximum absolute atomic E-state index is 12.0. The molecule has 0 radical (unpaired) electrons. The molecule has 1 fully saturated rings. The first-order valence-electron chi connectivity index (χ1n) is 7.49. The number of hydrogen-bond donors (Lipinski definition) is 3. The number of amides is 1. The van der Waals surface area contributed by atoms with Crippen molar-refractivity contribution in [3.63, 3.8) is 0 Å². The van der Waals surface area contributed by atoms with Crippen LogP contribution < -0.4 is 15.4 Å². The van der Waals surface area contributed by atoms with Crippen LogP contribution in [0.3, 0.4) is 0 Å². The number of methoxy groups -OCH3 is 1. The molecule has 23 heavy (non-hydrogen) atoms. The number of carbonyl (C=O) groups excluding carboxylic acids is 1. The summed E-state index contributed by atoms with van der Waals surface area (Å²) in [6.45, 7) is 0.341. The fourth-order valence-corrected chi connectivity index (χ4v) is 2.82. The Balaban J connectivity index is 0.00000264. The quantitative estimate of drug-likeness (QED) is 0.708. The summed E-state index contributed by atoms with van der Waals surface area (Å²) in [7, 11) is 1.54. The maximum Gasteiger partial charge on any atom is 0.323 e. The number of anilines is 1. The highest BCUT2D eigenvalue weighted by Gasteiger charge is 2.40. The third-order valence-electron chi connectivity index (χ3n) is 4.06. The molecule has 0 atom stereocenters. The summed E-state index contributed by atoms with van der Waals surface area (Å²) in [6.07, 6.45) is 3.28. The van der Waals surface area contributed by atoms with E-state index in [1.807, 2.05) is 12.1 Å². The predicted molar refractivity (Wildman–Crippen MR) is 90.3 cm³/mol. The van der Waals surface area contributed by atoms with Gasteiger partial charge in [-0.05, 0) is 25.0 Å². The summed E-state index contributed by atoms with van der Waals surface area (Å²) < 4.78 is 5.17. The van der Waals surface area contributed by atoms with E-state index in [9.17, 15) is 14.7 Å². The van der Waals surface area contributed by atoms with Crippen molar-refractivity contribution in [1.29, 1.82) is 0 Å². The lowest BCUT2D eigenvalue weighted by atomic mass is 9.98. The van der Waals surface area contributed by atoms with Crippen LogP contribution in [-0.2, 0) is 9.59 Å². The summed E-state index contributed by atoms with van der Waals surface area (Å²) in [5.74, 6) is -0.396. The van der Waals surface area contributed by atoms with Crippen LogP contribution in [0.1, 0.15) is 32.1 Å². The molecule has 1 saturated carbocycles. The fourth-order valence-electron chi connectivity index (χ4n) is 2.82. The number of hydrogen-bond acceptors (Lipinski definition) is 4. The van der Waals surface area contributed by atoms with Gasteiger partial charge in [0.2, 0.25) is 5.91 Å². The number of para-hydroxylation sites is 2. The summed E-state index contributed by atoms with van der Waals surface area (Å²) in [6, 6.07) is 7.17. The summed E-state index contributed by atoms with van der Waals surface area (Å²) in [5.41, 5.74) is -0.242. The molecule has 3 N–H and O–H groups in total. The van der Waals surface area contributed by atoms with Gasteiger partial charge in [-0.25, -0.2) is 0 Å². The van der Waals surface area contributed by atoms with Gasteiger partial charge in [-0.2, -0.15) is 0 Å². The number of rotatable bonds is 7. The van der Waals surface area contributed by atoms with Gasteiger partial charge in [0.05, 0.1) is 12.8 Å². The first-order chi connectivity index (χ1) is 10.6. The predicted octanol–water partition coefficient (Wildman–Crippen LogP) is 2.43. The number of nitrogens with one attached hydrogen (secondary N) is 2. The highest BCUT2D eigenvalue weighted by atomic mass is 35.5. The van der Waals surface area contributed by atoms with Gasteiger partial charge in [0.25, 0.3) is 0 Å². The summed E-state index contributed by atoms with van der Waals surface area (Å²) >= 11 is 0. The van der Waals surface area contributed by atoms with Gasteiger partial charge in [0, 0.05) is 13.0 Å². The van der Waals surface area contributed by atoms with E-state index in [1.54, 1.807) is 19.2 Å². The summed E-state index contributed by atoms with van der Waals surface area (Å²) in [4.78, 5) is 23.4. The van der Waals surface area contributed by atoms with Crippen molar-refractivity contribution in [1.82, 2.24) is 5.32 Å². The molecule has 6 nitrogen and oxygen atoms in total. The van der Waals surface area contributed by atoms with Crippen molar-refractivity contribution < 1.29 is 19.4 Å². The molecule has 0 aromatic heterocycles. The van der Waals surface area contributed by atoms with E-state index in [1.165, 1.54) is 0 Å². The van der Waals surface area contributed by atoms with E-state index in [0.717, 1.165) is 12.8 Å². The minimum atomic E-state index is -0.856. The molecule has 0 bridgehead atoms. The normalized spacial score (nSPS) is 15.5. The van der Waals surface area contributed by atoms with Gasteiger partial charge in [-0.1, -0.05) is 25.0 Å². The SMILES string of the molecule is COc1ccccc1NC(=O)CCNC1(C(=O)O)CCCC1.Cl. The second-order valence-corrected chi connectivity index (χ2v) is 5.52. The lowest BCUT2D eigenvalue weighted by molar-refractivity contribution is -0.144. The van der Waals surface area contributed by atoms with Gasteiger partial charge in [0.1, 0.15) is 11.3 Å². The third-order valence-corrected chi connectivity index (χ3v) is 4.06. The van der Waals surface area contributed by atoms with E-state index in [4.69, 9.17) is 4.74 Å². The monoisotopic (exact) mass is 342 g/mol. The molecular weight excluding hydrogens is 320 g/mol. The lowest BCUT2D eigenvalue weighted by Gasteiger charge is -2.25. The molecule has 0 saturated heterocycles. The first kappa shape index (κ1) is 19.3. The minimum Gasteiger partial charge on any atom is -0.495 e. The molecule has 128 valence electrons. The third kappa shape index (κ3) is 4.84. The maximum atomic E-state index is 12.0. The molecule has 2 rings (SSSR count). The molecule has 0 spiro atoms. The zero-order valence-electron chi connectivity index (χ0n) is 13.1. The van der Waals surface area contributed by atoms with Crippen LogP contribution in [0.15, 0.2) is 24.3 Å². The number of carboxylic acids is 1. The zero-order chi connectivity index (χ0) is 16.0. The Bertz CT molecular complexity index is 545. The number of halogens is 1. The topological polar surface area (TPSA) is 87.7 Å². The molecular formula is C16H23ClN2O4. The van der Waals surface area contributed by atoms with E-state index in [0.29, 0.717) is 30.8 Å². The van der Waals surface area contributed by atoms with Crippen LogP contribution in [-0.4, -0.2) is 36.2 Å². The number of aliphatic carboxylic acids is 1. The highest BCUT2D eigenvalue weighted by molar-refractivity contribution is 5.92. The van der Waals surface area contributed by atoms with Gasteiger partial charge in [-0.3, -0.25) is 9.59 Å². The Morgan fingerprint density at radius 2 is 1.91 bits per heavy atom. The minimum absolute atomic E-state index is 0. The average Bonchev–Trinajstić information content (AvgIpc) is 2.98. The number of carboxylic acid groups (broad SMARTS) is 1. The van der Waals surface area contributed by atoms with E-state index >= 15 is 0 Å². The first-order valence-corrected chi connectivity index (χ1v) is 7.49. The van der Waals surface area contributed by atoms with Crippen LogP contribution >= 0.6 is 12.4 Å². The largest absolute Gasteiger partial charge is 0.495 e. The molecule has 0 unspecified atom stereocenters. The van der Waals surface area contributed by atoms with Crippen molar-refractivity contribution in [2.75, 3.05) is 19.0 Å². The second-order valence-electron chi connectivity index (χ2n) is 5.52. The zero-order valence-corrected chi connectivity index (χ0v) is 13.9. The van der Waals surface area contributed by atoms with E-state index in [2.05, 4.69) is 10.6 Å². The fraction of sp³-hybridized carbons (Fsp3) is 0.500. The molecule has 1 aliphatic carbocycles. The Hall–Kier alpha value is -1.79. The highest BCUT2D eigenvalue weighted by Crippen LogP contribution is 2.29. The van der Waals surface area contributed by atoms with Gasteiger partial charge in [-0.15, -0.1) is 12.4 Å². The van der Waals surface area contributed by atoms with Crippen molar-refractivity contribution >= 4 is 30.0 Å². The Morgan fingerprint density at radius 1 is 1.26 bits per heavy atom. The Morgan fingerprint density at radius 3 is 2.52 bits per heavy atom. The van der Waals surface area contributed by atoms with Gasteiger partial charge in [0.15, 0.2) is 0 Å². The van der Waals surface area contributed by atoms with E-state index in [-0.39, 0.29) is 24.7 Å². The lowest BCUT2D eigenvalue weighted by Crippen LogP contribution is -2.50. The van der Waals surface area contributed by atoms with Crippen molar-refractivity contribution in [2.45, 2.75) is 37.6 Å². The second kappa shape index (κ2) is 8.74. The van der Waals surface area contributed by atoms with Crippen molar-refractivity contribution in [2.24, 2.45) is 0 Å². The molecule has 0 aliphatic heterocycles. The van der Waals surface area contributed by atoms with Gasteiger partial charge >= 0.3 is 5.97 Å². The molecule has 7 heteroatoms. The number of carbonyl (C=O) groups is 2. The van der Waals surface area contributed by atoms with Crippen LogP contribution in [0.4, 0.5) is 5.69 Å². The van der Waals surface area contributed by atoms with Crippen LogP contribution in [0.2, 0.25) is 0 Å². The molecule has 1 aliphatic rings.